The molecule has 1 N–H and O–H groups in total. The van der Waals surface area contributed by atoms with Gasteiger partial charge in [-0.05, 0) is 97.5 Å². The summed E-state index contributed by atoms with van der Waals surface area (Å²) in [6, 6.07) is 19.3. The number of carbonyl (C=O) groups excluding carboxylic acids is 1. The van der Waals surface area contributed by atoms with Gasteiger partial charge in [0.05, 0.1) is 6.61 Å². The summed E-state index contributed by atoms with van der Waals surface area (Å²) < 4.78 is 8.73. The van der Waals surface area contributed by atoms with Crippen molar-refractivity contribution in [1.82, 2.24) is 4.57 Å². The molecule has 30 heavy (non-hydrogen) atoms. The summed E-state index contributed by atoms with van der Waals surface area (Å²) in [4.78, 5) is 12.7. The Balaban J connectivity index is 1.88. The minimum atomic E-state index is -0.454. The van der Waals surface area contributed by atoms with E-state index in [0.29, 0.717) is 18.0 Å². The van der Waals surface area contributed by atoms with Gasteiger partial charge in [0, 0.05) is 32.4 Å². The van der Waals surface area contributed by atoms with E-state index in [2.05, 4.69) is 56.7 Å². The third kappa shape index (κ3) is 4.92. The van der Waals surface area contributed by atoms with E-state index in [1.165, 1.54) is 0 Å². The van der Waals surface area contributed by atoms with E-state index in [-0.39, 0.29) is 5.57 Å². The zero-order valence-electron chi connectivity index (χ0n) is 17.1. The molecule has 1 heterocycles. The van der Waals surface area contributed by atoms with Crippen molar-refractivity contribution in [3.05, 3.63) is 80.7 Å². The number of nitriles is 1. The molecular formula is C24H22IN3O2. The van der Waals surface area contributed by atoms with E-state index in [9.17, 15) is 10.1 Å². The van der Waals surface area contributed by atoms with Crippen LogP contribution < -0.4 is 10.1 Å². The molecule has 0 aliphatic heterocycles. The van der Waals surface area contributed by atoms with Crippen molar-refractivity contribution in [3.8, 4) is 17.5 Å². The maximum Gasteiger partial charge on any atom is 0.266 e. The molecule has 2 aromatic carbocycles. The third-order valence-electron chi connectivity index (χ3n) is 4.62. The standard InChI is InChI=1S/C24H22IN3O2/c1-4-30-23-7-5-6-21(14-23)27-24(29)19(15-26)13-18-12-16(2)28(17(18)3)22-10-8-20(25)9-11-22/h5-14H,4H2,1-3H3,(H,27,29)/b19-13-. The number of anilines is 1. The molecular weight excluding hydrogens is 489 g/mol. The first-order valence-electron chi connectivity index (χ1n) is 9.53. The van der Waals surface area contributed by atoms with E-state index >= 15 is 0 Å². The number of aryl methyl sites for hydroxylation is 1. The molecule has 0 radical (unpaired) electrons. The Morgan fingerprint density at radius 1 is 1.20 bits per heavy atom. The predicted octanol–water partition coefficient (Wildman–Crippen LogP) is 5.64. The van der Waals surface area contributed by atoms with Gasteiger partial charge < -0.3 is 14.6 Å². The quantitative estimate of drug-likeness (QED) is 0.265. The summed E-state index contributed by atoms with van der Waals surface area (Å²) in [7, 11) is 0. The maximum absolute atomic E-state index is 12.7. The van der Waals surface area contributed by atoms with Crippen LogP contribution in [0.5, 0.6) is 5.75 Å². The van der Waals surface area contributed by atoms with Crippen molar-refractivity contribution in [2.45, 2.75) is 20.8 Å². The van der Waals surface area contributed by atoms with Crippen molar-refractivity contribution in [2.75, 3.05) is 11.9 Å². The average Bonchev–Trinajstić information content (AvgIpc) is 3.00. The maximum atomic E-state index is 12.7. The molecule has 152 valence electrons. The number of nitrogens with zero attached hydrogens (tertiary/aromatic N) is 2. The van der Waals surface area contributed by atoms with Gasteiger partial charge in [0.15, 0.2) is 0 Å². The molecule has 0 aliphatic rings. The van der Waals surface area contributed by atoms with E-state index in [1.54, 1.807) is 24.3 Å². The Morgan fingerprint density at radius 2 is 1.93 bits per heavy atom. The molecule has 0 saturated heterocycles. The highest BCUT2D eigenvalue weighted by Crippen LogP contribution is 2.24. The van der Waals surface area contributed by atoms with E-state index in [1.807, 2.05) is 39.0 Å². The minimum Gasteiger partial charge on any atom is -0.494 e. The fourth-order valence-corrected chi connectivity index (χ4v) is 3.61. The van der Waals surface area contributed by atoms with Crippen molar-refractivity contribution in [2.24, 2.45) is 0 Å². The van der Waals surface area contributed by atoms with E-state index in [0.717, 1.165) is 26.2 Å². The van der Waals surface area contributed by atoms with Crippen LogP contribution in [0.2, 0.25) is 0 Å². The highest BCUT2D eigenvalue weighted by Gasteiger charge is 2.14. The molecule has 3 rings (SSSR count). The molecule has 0 fully saturated rings. The van der Waals surface area contributed by atoms with Crippen LogP contribution in [0, 0.1) is 28.7 Å². The fourth-order valence-electron chi connectivity index (χ4n) is 3.25. The lowest BCUT2D eigenvalue weighted by Gasteiger charge is -2.10. The Labute approximate surface area is 190 Å². The van der Waals surface area contributed by atoms with Crippen molar-refractivity contribution in [3.63, 3.8) is 0 Å². The molecule has 0 saturated carbocycles. The average molecular weight is 511 g/mol. The van der Waals surface area contributed by atoms with Crippen molar-refractivity contribution in [1.29, 1.82) is 5.26 Å². The van der Waals surface area contributed by atoms with Gasteiger partial charge >= 0.3 is 0 Å². The Bertz CT molecular complexity index is 1140. The van der Waals surface area contributed by atoms with Crippen LogP contribution >= 0.6 is 22.6 Å². The Morgan fingerprint density at radius 3 is 2.60 bits per heavy atom. The topological polar surface area (TPSA) is 67.0 Å². The lowest BCUT2D eigenvalue weighted by Crippen LogP contribution is -2.13. The van der Waals surface area contributed by atoms with E-state index in [4.69, 9.17) is 4.74 Å². The molecule has 6 heteroatoms. The van der Waals surface area contributed by atoms with Crippen LogP contribution in [-0.2, 0) is 4.79 Å². The van der Waals surface area contributed by atoms with Crippen LogP contribution in [0.15, 0.2) is 60.2 Å². The Hall–Kier alpha value is -3.05. The Kier molecular flexibility index (Phi) is 6.95. The van der Waals surface area contributed by atoms with Crippen LogP contribution in [-0.4, -0.2) is 17.1 Å². The number of ether oxygens (including phenoxy) is 1. The monoisotopic (exact) mass is 511 g/mol. The molecule has 0 spiro atoms. The highest BCUT2D eigenvalue weighted by molar-refractivity contribution is 14.1. The summed E-state index contributed by atoms with van der Waals surface area (Å²) in [5.41, 5.74) is 4.49. The normalized spacial score (nSPS) is 11.1. The fraction of sp³-hybridized carbons (Fsp3) is 0.167. The van der Waals surface area contributed by atoms with Crippen LogP contribution in [0.25, 0.3) is 11.8 Å². The molecule has 1 aromatic heterocycles. The number of benzene rings is 2. The second kappa shape index (κ2) is 9.63. The second-order valence-corrected chi connectivity index (χ2v) is 7.97. The lowest BCUT2D eigenvalue weighted by molar-refractivity contribution is -0.112. The van der Waals surface area contributed by atoms with Crippen LogP contribution in [0.4, 0.5) is 5.69 Å². The number of rotatable bonds is 6. The zero-order chi connectivity index (χ0) is 21.7. The van der Waals surface area contributed by atoms with Crippen molar-refractivity contribution < 1.29 is 9.53 Å². The molecule has 0 atom stereocenters. The van der Waals surface area contributed by atoms with Crippen LogP contribution in [0.1, 0.15) is 23.9 Å². The number of hydrogen-bond donors (Lipinski definition) is 1. The van der Waals surface area contributed by atoms with Gasteiger partial charge in [0.1, 0.15) is 17.4 Å². The first kappa shape index (κ1) is 21.7. The van der Waals surface area contributed by atoms with Crippen molar-refractivity contribution >= 4 is 40.3 Å². The highest BCUT2D eigenvalue weighted by atomic mass is 127. The van der Waals surface area contributed by atoms with Gasteiger partial charge in [0.2, 0.25) is 0 Å². The third-order valence-corrected chi connectivity index (χ3v) is 5.34. The predicted molar refractivity (Wildman–Crippen MR) is 128 cm³/mol. The molecule has 1 amide bonds. The molecule has 0 unspecified atom stereocenters. The summed E-state index contributed by atoms with van der Waals surface area (Å²) in [5.74, 6) is 0.212. The van der Waals surface area contributed by atoms with Gasteiger partial charge in [-0.25, -0.2) is 0 Å². The van der Waals surface area contributed by atoms with Gasteiger partial charge in [-0.3, -0.25) is 4.79 Å². The summed E-state index contributed by atoms with van der Waals surface area (Å²) in [6.07, 6.45) is 1.63. The SMILES string of the molecule is CCOc1cccc(NC(=O)/C(C#N)=C\c2cc(C)n(-c3ccc(I)cc3)c2C)c1. The van der Waals surface area contributed by atoms with Gasteiger partial charge in [-0.2, -0.15) is 5.26 Å². The molecule has 0 aliphatic carbocycles. The number of carbonyl (C=O) groups is 1. The number of aromatic nitrogens is 1. The zero-order valence-corrected chi connectivity index (χ0v) is 19.2. The molecule has 3 aromatic rings. The number of amides is 1. The molecule has 5 nitrogen and oxygen atoms in total. The smallest absolute Gasteiger partial charge is 0.266 e. The van der Waals surface area contributed by atoms with Gasteiger partial charge in [-0.1, -0.05) is 6.07 Å². The minimum absolute atomic E-state index is 0.0414. The number of hydrogen-bond acceptors (Lipinski definition) is 3. The lowest BCUT2D eigenvalue weighted by atomic mass is 10.1. The van der Waals surface area contributed by atoms with Crippen LogP contribution in [0.3, 0.4) is 0 Å². The number of halogens is 1. The second-order valence-electron chi connectivity index (χ2n) is 6.72. The summed E-state index contributed by atoms with van der Waals surface area (Å²) >= 11 is 2.27. The molecule has 0 bridgehead atoms. The van der Waals surface area contributed by atoms with Gasteiger partial charge in [0.25, 0.3) is 5.91 Å². The first-order chi connectivity index (χ1) is 14.4. The summed E-state index contributed by atoms with van der Waals surface area (Å²) in [6.45, 7) is 6.42. The van der Waals surface area contributed by atoms with E-state index < -0.39 is 5.91 Å². The largest absolute Gasteiger partial charge is 0.494 e. The number of nitrogens with one attached hydrogen (secondary N) is 1. The van der Waals surface area contributed by atoms with Gasteiger partial charge in [-0.15, -0.1) is 0 Å². The first-order valence-corrected chi connectivity index (χ1v) is 10.6. The summed E-state index contributed by atoms with van der Waals surface area (Å²) in [5, 5.41) is 12.4.